The molecule has 0 spiro atoms. The first-order valence-electron chi connectivity index (χ1n) is 6.06. The minimum Gasteiger partial charge on any atom is -0.367 e. The third kappa shape index (κ3) is 2.71. The van der Waals surface area contributed by atoms with Crippen molar-refractivity contribution in [1.29, 1.82) is 0 Å². The number of imidazole rings is 1. The van der Waals surface area contributed by atoms with E-state index in [9.17, 15) is 4.79 Å². The van der Waals surface area contributed by atoms with Crippen molar-refractivity contribution >= 4 is 5.91 Å². The molecule has 0 fully saturated rings. The number of primary amides is 1. The predicted molar refractivity (Wildman–Crippen MR) is 70.6 cm³/mol. The van der Waals surface area contributed by atoms with Gasteiger partial charge in [-0.3, -0.25) is 4.79 Å². The number of aromatic nitrogens is 2. The fourth-order valence-corrected chi connectivity index (χ4v) is 1.72. The first-order valence-corrected chi connectivity index (χ1v) is 6.06. The summed E-state index contributed by atoms with van der Waals surface area (Å²) in [5, 5.41) is 0. The minimum absolute atomic E-state index is 0.449. The van der Waals surface area contributed by atoms with Crippen molar-refractivity contribution in [2.24, 2.45) is 11.5 Å². The molecular weight excluding hydrogens is 228 g/mol. The Hall–Kier alpha value is -1.80. The number of hydrogen-bond donors (Lipinski definition) is 3. The van der Waals surface area contributed by atoms with Gasteiger partial charge < -0.3 is 16.5 Å². The van der Waals surface area contributed by atoms with Crippen LogP contribution in [0.2, 0.25) is 0 Å². The van der Waals surface area contributed by atoms with Gasteiger partial charge in [-0.1, -0.05) is 26.2 Å². The molecule has 2 unspecified atom stereocenters. The van der Waals surface area contributed by atoms with Crippen molar-refractivity contribution < 1.29 is 4.79 Å². The van der Waals surface area contributed by atoms with E-state index >= 15 is 0 Å². The highest BCUT2D eigenvalue weighted by Gasteiger charge is 2.38. The normalized spacial score (nSPS) is 15.7. The summed E-state index contributed by atoms with van der Waals surface area (Å²) in [6.07, 6.45) is 10.2. The molecule has 1 heterocycles. The van der Waals surface area contributed by atoms with Gasteiger partial charge in [-0.05, 0) is 12.8 Å². The molecule has 98 valence electrons. The molecule has 0 aliphatic rings. The zero-order valence-corrected chi connectivity index (χ0v) is 10.9. The van der Waals surface area contributed by atoms with Gasteiger partial charge in [0.1, 0.15) is 5.82 Å². The number of carbonyl (C=O) groups excluding carboxylic acids is 1. The van der Waals surface area contributed by atoms with E-state index in [1.54, 1.807) is 13.1 Å². The van der Waals surface area contributed by atoms with Crippen molar-refractivity contribution in [1.82, 2.24) is 9.97 Å². The molecule has 18 heavy (non-hydrogen) atoms. The quantitative estimate of drug-likeness (QED) is 0.645. The van der Waals surface area contributed by atoms with Crippen molar-refractivity contribution in [3.05, 3.63) is 17.7 Å². The van der Waals surface area contributed by atoms with Gasteiger partial charge in [0.2, 0.25) is 0 Å². The van der Waals surface area contributed by atoms with Crippen LogP contribution in [-0.4, -0.2) is 21.4 Å². The molecule has 0 saturated heterocycles. The smallest absolute Gasteiger partial charge is 0.250 e. The SMILES string of the molecule is C#CC(N)(C(N)=O)C(C)c1ncc(CCCC)[nH]1. The Morgan fingerprint density at radius 3 is 2.89 bits per heavy atom. The van der Waals surface area contributed by atoms with Gasteiger partial charge >= 0.3 is 0 Å². The molecular formula is C13H20N4O. The van der Waals surface area contributed by atoms with Gasteiger partial charge in [0, 0.05) is 11.9 Å². The van der Waals surface area contributed by atoms with Crippen molar-refractivity contribution in [3.8, 4) is 12.3 Å². The van der Waals surface area contributed by atoms with E-state index in [2.05, 4.69) is 22.8 Å². The van der Waals surface area contributed by atoms with E-state index in [1.807, 2.05) is 0 Å². The summed E-state index contributed by atoms with van der Waals surface area (Å²) >= 11 is 0. The van der Waals surface area contributed by atoms with Crippen LogP contribution >= 0.6 is 0 Å². The van der Waals surface area contributed by atoms with Gasteiger partial charge in [0.25, 0.3) is 5.91 Å². The standard InChI is InChI=1S/C13H20N4O/c1-4-6-7-10-8-16-11(17-10)9(3)13(15,5-2)12(14)18/h2,8-9H,4,6-7,15H2,1,3H3,(H2,14,18)(H,16,17). The number of nitrogens with two attached hydrogens (primary N) is 2. The molecule has 0 saturated carbocycles. The highest BCUT2D eigenvalue weighted by Crippen LogP contribution is 2.23. The maximum atomic E-state index is 11.4. The molecule has 1 aromatic heterocycles. The highest BCUT2D eigenvalue weighted by atomic mass is 16.1. The van der Waals surface area contributed by atoms with E-state index in [0.29, 0.717) is 5.82 Å². The number of hydrogen-bond acceptors (Lipinski definition) is 3. The first kappa shape index (κ1) is 14.3. The summed E-state index contributed by atoms with van der Waals surface area (Å²) in [5.41, 5.74) is 10.6. The summed E-state index contributed by atoms with van der Waals surface area (Å²) in [7, 11) is 0. The molecule has 5 N–H and O–H groups in total. The number of unbranched alkanes of at least 4 members (excludes halogenated alkanes) is 1. The number of nitrogens with zero attached hydrogens (tertiary/aromatic N) is 1. The summed E-state index contributed by atoms with van der Waals surface area (Å²) in [5.74, 6) is 1.70. The molecule has 0 aliphatic heterocycles. The van der Waals surface area contributed by atoms with Gasteiger partial charge in [-0.25, -0.2) is 4.98 Å². The van der Waals surface area contributed by atoms with Gasteiger partial charge in [0.05, 0.1) is 5.92 Å². The van der Waals surface area contributed by atoms with E-state index in [1.165, 1.54) is 0 Å². The molecule has 0 bridgehead atoms. The van der Waals surface area contributed by atoms with Crippen LogP contribution in [0.15, 0.2) is 6.20 Å². The Morgan fingerprint density at radius 1 is 1.72 bits per heavy atom. The lowest BCUT2D eigenvalue weighted by Gasteiger charge is -2.25. The average Bonchev–Trinajstić information content (AvgIpc) is 2.82. The zero-order valence-electron chi connectivity index (χ0n) is 10.9. The van der Waals surface area contributed by atoms with Crippen LogP contribution in [0.3, 0.4) is 0 Å². The van der Waals surface area contributed by atoms with Crippen LogP contribution in [0, 0.1) is 12.3 Å². The maximum absolute atomic E-state index is 11.4. The maximum Gasteiger partial charge on any atom is 0.250 e. The Balaban J connectivity index is 2.90. The van der Waals surface area contributed by atoms with Crippen LogP contribution in [0.4, 0.5) is 0 Å². The Kier molecular flexibility index (Phi) is 4.51. The molecule has 0 aliphatic carbocycles. The van der Waals surface area contributed by atoms with Crippen LogP contribution in [0.5, 0.6) is 0 Å². The Labute approximate surface area is 107 Å². The van der Waals surface area contributed by atoms with Crippen molar-refractivity contribution in [2.75, 3.05) is 0 Å². The number of rotatable bonds is 6. The number of H-pyrrole nitrogens is 1. The summed E-state index contributed by atoms with van der Waals surface area (Å²) in [4.78, 5) is 18.7. The van der Waals surface area contributed by atoms with Crippen LogP contribution in [0.25, 0.3) is 0 Å². The summed E-state index contributed by atoms with van der Waals surface area (Å²) < 4.78 is 0. The first-order chi connectivity index (χ1) is 8.45. The van der Waals surface area contributed by atoms with Gasteiger partial charge in [-0.2, -0.15) is 0 Å². The number of amides is 1. The largest absolute Gasteiger partial charge is 0.367 e. The second-order valence-corrected chi connectivity index (χ2v) is 4.50. The monoisotopic (exact) mass is 248 g/mol. The predicted octanol–water partition coefficient (Wildman–Crippen LogP) is 0.672. The minimum atomic E-state index is -1.51. The second-order valence-electron chi connectivity index (χ2n) is 4.50. The lowest BCUT2D eigenvalue weighted by Crippen LogP contribution is -2.54. The third-order valence-corrected chi connectivity index (χ3v) is 3.19. The Bertz CT molecular complexity index is 460. The zero-order chi connectivity index (χ0) is 13.8. The summed E-state index contributed by atoms with van der Waals surface area (Å²) in [6, 6.07) is 0. The molecule has 2 atom stereocenters. The molecule has 1 rings (SSSR count). The van der Waals surface area contributed by atoms with E-state index in [-0.39, 0.29) is 0 Å². The topological polar surface area (TPSA) is 97.8 Å². The lowest BCUT2D eigenvalue weighted by atomic mass is 9.85. The van der Waals surface area contributed by atoms with Gasteiger partial charge in [0.15, 0.2) is 5.54 Å². The fourth-order valence-electron chi connectivity index (χ4n) is 1.72. The van der Waals surface area contributed by atoms with E-state index in [0.717, 1.165) is 25.0 Å². The highest BCUT2D eigenvalue weighted by molar-refractivity contribution is 5.89. The lowest BCUT2D eigenvalue weighted by molar-refractivity contribution is -0.121. The number of nitrogens with one attached hydrogen (secondary N) is 1. The van der Waals surface area contributed by atoms with Crippen LogP contribution in [0.1, 0.15) is 44.1 Å². The molecule has 1 aromatic rings. The van der Waals surface area contributed by atoms with E-state index in [4.69, 9.17) is 17.9 Å². The molecule has 5 heteroatoms. The van der Waals surface area contributed by atoms with Crippen molar-refractivity contribution in [2.45, 2.75) is 44.6 Å². The number of aromatic amines is 1. The third-order valence-electron chi connectivity index (χ3n) is 3.19. The molecule has 1 amide bonds. The molecule has 5 nitrogen and oxygen atoms in total. The number of aryl methyl sites for hydroxylation is 1. The second kappa shape index (κ2) is 5.69. The molecule has 0 aromatic carbocycles. The fraction of sp³-hybridized carbons (Fsp3) is 0.538. The Morgan fingerprint density at radius 2 is 2.39 bits per heavy atom. The van der Waals surface area contributed by atoms with E-state index < -0.39 is 17.4 Å². The summed E-state index contributed by atoms with van der Waals surface area (Å²) in [6.45, 7) is 3.86. The van der Waals surface area contributed by atoms with Crippen LogP contribution in [-0.2, 0) is 11.2 Å². The van der Waals surface area contributed by atoms with Crippen LogP contribution < -0.4 is 11.5 Å². The number of terminal acetylenes is 1. The van der Waals surface area contributed by atoms with Crippen molar-refractivity contribution in [3.63, 3.8) is 0 Å². The van der Waals surface area contributed by atoms with Gasteiger partial charge in [-0.15, -0.1) is 6.42 Å². The number of carbonyl (C=O) groups is 1. The molecule has 0 radical (unpaired) electrons. The average molecular weight is 248 g/mol.